The van der Waals surface area contributed by atoms with Gasteiger partial charge in [-0.05, 0) is 19.1 Å². The van der Waals surface area contributed by atoms with E-state index < -0.39 is 5.91 Å². The number of nitrogens with zero attached hydrogens (tertiary/aromatic N) is 2. The minimum Gasteiger partial charge on any atom is -0.492 e. The van der Waals surface area contributed by atoms with Gasteiger partial charge in [0.2, 0.25) is 0 Å². The summed E-state index contributed by atoms with van der Waals surface area (Å²) >= 11 is 0. The monoisotopic (exact) mass is 347 g/mol. The first-order valence-electron chi connectivity index (χ1n) is 8.24. The van der Waals surface area contributed by atoms with Crippen LogP contribution in [0.3, 0.4) is 0 Å². The Morgan fingerprint density at radius 2 is 2.44 bits per heavy atom. The summed E-state index contributed by atoms with van der Waals surface area (Å²) in [5.41, 5.74) is 5.74. The van der Waals surface area contributed by atoms with Gasteiger partial charge in [-0.25, -0.2) is 9.07 Å². The Bertz CT molecular complexity index is 748. The van der Waals surface area contributed by atoms with E-state index in [-0.39, 0.29) is 11.9 Å². The van der Waals surface area contributed by atoms with Crippen molar-refractivity contribution in [3.8, 4) is 5.75 Å². The Morgan fingerprint density at radius 1 is 1.60 bits per heavy atom. The van der Waals surface area contributed by atoms with Crippen molar-refractivity contribution in [3.63, 3.8) is 0 Å². The van der Waals surface area contributed by atoms with Crippen molar-refractivity contribution in [2.24, 2.45) is 11.7 Å². The number of halogens is 1. The highest BCUT2D eigenvalue weighted by Crippen LogP contribution is 2.21. The highest BCUT2D eigenvalue weighted by Gasteiger charge is 2.23. The van der Waals surface area contributed by atoms with Crippen LogP contribution in [0.2, 0.25) is 0 Å². The lowest BCUT2D eigenvalue weighted by molar-refractivity contribution is 0.100. The molecule has 4 N–H and O–H groups in total. The molecular formula is C17H22FN5O2. The molecule has 134 valence electrons. The van der Waals surface area contributed by atoms with Crippen LogP contribution in [0.5, 0.6) is 5.75 Å². The molecule has 0 fully saturated rings. The van der Waals surface area contributed by atoms with Gasteiger partial charge in [0.15, 0.2) is 0 Å². The van der Waals surface area contributed by atoms with E-state index >= 15 is 0 Å². The van der Waals surface area contributed by atoms with E-state index in [0.717, 1.165) is 13.1 Å². The first-order chi connectivity index (χ1) is 12.0. The van der Waals surface area contributed by atoms with E-state index in [1.807, 2.05) is 6.92 Å². The number of fused-ring (bicyclic) bond motifs is 1. The first-order valence-corrected chi connectivity index (χ1v) is 8.24. The van der Waals surface area contributed by atoms with Crippen molar-refractivity contribution in [2.75, 3.05) is 25.0 Å². The maximum absolute atomic E-state index is 13.1. The molecule has 2 heterocycles. The number of rotatable bonds is 7. The molecule has 1 aromatic carbocycles. The summed E-state index contributed by atoms with van der Waals surface area (Å²) < 4.78 is 20.5. The number of primary amides is 1. The van der Waals surface area contributed by atoms with Gasteiger partial charge in [0.1, 0.15) is 29.6 Å². The van der Waals surface area contributed by atoms with Crippen molar-refractivity contribution in [2.45, 2.75) is 19.5 Å². The number of benzene rings is 1. The molecule has 0 radical (unpaired) electrons. The number of carbonyl (C=O) groups is 1. The molecule has 7 nitrogen and oxygen atoms in total. The Morgan fingerprint density at radius 3 is 3.20 bits per heavy atom. The molecule has 1 amide bonds. The van der Waals surface area contributed by atoms with Gasteiger partial charge in [0, 0.05) is 37.7 Å². The van der Waals surface area contributed by atoms with Crippen LogP contribution in [0, 0.1) is 11.7 Å². The molecule has 0 saturated carbocycles. The van der Waals surface area contributed by atoms with Gasteiger partial charge in [0.05, 0.1) is 6.20 Å². The van der Waals surface area contributed by atoms with E-state index in [2.05, 4.69) is 15.7 Å². The second-order valence-corrected chi connectivity index (χ2v) is 6.28. The van der Waals surface area contributed by atoms with Gasteiger partial charge in [0.25, 0.3) is 5.91 Å². The predicted molar refractivity (Wildman–Crippen MR) is 92.1 cm³/mol. The number of hydrogen-bond acceptors (Lipinski definition) is 5. The lowest BCUT2D eigenvalue weighted by Gasteiger charge is -2.27. The molecule has 3 rings (SSSR count). The van der Waals surface area contributed by atoms with Gasteiger partial charge in [-0.3, -0.25) is 4.79 Å². The molecule has 1 aliphatic heterocycles. The third-order valence-corrected chi connectivity index (χ3v) is 4.15. The summed E-state index contributed by atoms with van der Waals surface area (Å²) in [6.45, 7) is 4.67. The highest BCUT2D eigenvalue weighted by atomic mass is 19.1. The zero-order chi connectivity index (χ0) is 17.8. The molecule has 0 spiro atoms. The molecule has 0 saturated heterocycles. The van der Waals surface area contributed by atoms with Gasteiger partial charge in [-0.2, -0.15) is 5.10 Å². The number of ether oxygens (including phenoxy) is 1. The van der Waals surface area contributed by atoms with Crippen molar-refractivity contribution >= 4 is 11.7 Å². The van der Waals surface area contributed by atoms with Crippen LogP contribution in [-0.2, 0) is 6.54 Å². The van der Waals surface area contributed by atoms with Crippen molar-refractivity contribution in [1.82, 2.24) is 15.1 Å². The fourth-order valence-corrected chi connectivity index (χ4v) is 2.78. The van der Waals surface area contributed by atoms with Crippen molar-refractivity contribution < 1.29 is 13.9 Å². The number of anilines is 1. The summed E-state index contributed by atoms with van der Waals surface area (Å²) in [6, 6.07) is 6.23. The summed E-state index contributed by atoms with van der Waals surface area (Å²) in [6.07, 6.45) is 1.50. The van der Waals surface area contributed by atoms with Crippen molar-refractivity contribution in [1.29, 1.82) is 0 Å². The quantitative estimate of drug-likeness (QED) is 0.700. The van der Waals surface area contributed by atoms with Gasteiger partial charge in [-0.15, -0.1) is 0 Å². The smallest absolute Gasteiger partial charge is 0.254 e. The minimum absolute atomic E-state index is 0.114. The lowest BCUT2D eigenvalue weighted by Crippen LogP contribution is -2.40. The van der Waals surface area contributed by atoms with E-state index in [4.69, 9.17) is 10.5 Å². The van der Waals surface area contributed by atoms with Gasteiger partial charge >= 0.3 is 0 Å². The Hall–Kier alpha value is -2.61. The Kier molecular flexibility index (Phi) is 5.18. The molecule has 0 aliphatic carbocycles. The second kappa shape index (κ2) is 7.52. The summed E-state index contributed by atoms with van der Waals surface area (Å²) in [5.74, 6) is 0.745. The van der Waals surface area contributed by atoms with Crippen LogP contribution < -0.4 is 21.1 Å². The normalized spacial score (nSPS) is 17.4. The lowest BCUT2D eigenvalue weighted by atomic mass is 10.1. The van der Waals surface area contributed by atoms with E-state index in [0.29, 0.717) is 36.2 Å². The second-order valence-electron chi connectivity index (χ2n) is 6.28. The molecule has 1 aromatic heterocycles. The van der Waals surface area contributed by atoms with E-state index in [9.17, 15) is 9.18 Å². The van der Waals surface area contributed by atoms with Crippen molar-refractivity contribution in [3.05, 3.63) is 41.8 Å². The van der Waals surface area contributed by atoms with Gasteiger partial charge in [-0.1, -0.05) is 6.07 Å². The van der Waals surface area contributed by atoms with E-state index in [1.54, 1.807) is 16.8 Å². The number of hydrogen-bond donors (Lipinski definition) is 3. The zero-order valence-electron chi connectivity index (χ0n) is 14.0. The Labute approximate surface area is 145 Å². The molecule has 2 unspecified atom stereocenters. The van der Waals surface area contributed by atoms with Crippen LogP contribution >= 0.6 is 0 Å². The number of carbonyl (C=O) groups excluding carboxylic acids is 1. The maximum Gasteiger partial charge on any atom is 0.254 e. The molecule has 2 atom stereocenters. The number of amides is 1. The average Bonchev–Trinajstić information content (AvgIpc) is 3.01. The zero-order valence-corrected chi connectivity index (χ0v) is 14.0. The third kappa shape index (κ3) is 4.27. The van der Waals surface area contributed by atoms with Crippen LogP contribution in [-0.4, -0.2) is 41.4 Å². The molecular weight excluding hydrogens is 325 g/mol. The predicted octanol–water partition coefficient (Wildman–Crippen LogP) is 1.22. The van der Waals surface area contributed by atoms with E-state index in [1.165, 1.54) is 18.3 Å². The summed E-state index contributed by atoms with van der Waals surface area (Å²) in [5, 5.41) is 10.8. The SMILES string of the molecule is CC(COc1cccc(F)c1)NCC1CNc2c(C(N)=O)cnn2C1. The number of nitrogens with two attached hydrogens (primary N) is 1. The minimum atomic E-state index is -0.478. The summed E-state index contributed by atoms with van der Waals surface area (Å²) in [7, 11) is 0. The van der Waals surface area contributed by atoms with Crippen LogP contribution in [0.1, 0.15) is 17.3 Å². The number of nitrogens with one attached hydrogen (secondary N) is 2. The Balaban J connectivity index is 1.45. The molecule has 8 heteroatoms. The fraction of sp³-hybridized carbons (Fsp3) is 0.412. The topological polar surface area (TPSA) is 94.2 Å². The number of aromatic nitrogens is 2. The van der Waals surface area contributed by atoms with Gasteiger partial charge < -0.3 is 21.1 Å². The maximum atomic E-state index is 13.1. The molecule has 1 aliphatic rings. The largest absolute Gasteiger partial charge is 0.492 e. The molecule has 0 bridgehead atoms. The van der Waals surface area contributed by atoms with Crippen LogP contribution in [0.25, 0.3) is 0 Å². The highest BCUT2D eigenvalue weighted by molar-refractivity contribution is 5.97. The third-order valence-electron chi connectivity index (χ3n) is 4.15. The van der Waals surface area contributed by atoms with Crippen LogP contribution in [0.15, 0.2) is 30.5 Å². The molecule has 2 aromatic rings. The summed E-state index contributed by atoms with van der Waals surface area (Å²) in [4.78, 5) is 11.3. The first kappa shape index (κ1) is 17.2. The molecule has 25 heavy (non-hydrogen) atoms. The fourth-order valence-electron chi connectivity index (χ4n) is 2.78. The van der Waals surface area contributed by atoms with Crippen LogP contribution in [0.4, 0.5) is 10.2 Å². The average molecular weight is 347 g/mol. The standard InChI is InChI=1S/C17H22FN5O2/c1-11(10-25-14-4-2-3-13(18)5-14)20-6-12-7-21-17-15(16(19)24)8-22-23(17)9-12/h2-5,8,11-12,20-21H,6-7,9-10H2,1H3,(H2,19,24).